The molecule has 0 atom stereocenters. The van der Waals surface area contributed by atoms with Crippen LogP contribution in [0.3, 0.4) is 0 Å². The Bertz CT molecular complexity index is 1460. The molecule has 3 heterocycles. The Balaban J connectivity index is 1.45. The third-order valence-electron chi connectivity index (χ3n) is 5.95. The summed E-state index contributed by atoms with van der Waals surface area (Å²) >= 11 is 4.95. The fraction of sp³-hybridized carbons (Fsp3) is 0.0714. The molecule has 0 saturated carbocycles. The molecule has 3 aromatic heterocycles. The number of fused-ring (bicyclic) bond motifs is 1. The Morgan fingerprint density at radius 3 is 1.36 bits per heavy atom. The van der Waals surface area contributed by atoms with Crippen LogP contribution in [-0.2, 0) is 0 Å². The Morgan fingerprint density at radius 1 is 0.515 bits per heavy atom. The second kappa shape index (κ2) is 8.34. The van der Waals surface area contributed by atoms with Gasteiger partial charge in [0.1, 0.15) is 11.0 Å². The van der Waals surface area contributed by atoms with E-state index in [1.54, 1.807) is 0 Å². The molecule has 160 valence electrons. The number of rotatable bonds is 4. The fourth-order valence-electron chi connectivity index (χ4n) is 4.30. The smallest absolute Gasteiger partial charge is 0.114 e. The van der Waals surface area contributed by atoms with E-state index < -0.39 is 0 Å². The van der Waals surface area contributed by atoms with Crippen molar-refractivity contribution in [2.45, 2.75) is 13.8 Å². The molecule has 0 amide bonds. The monoisotopic (exact) mass is 480 g/mol. The van der Waals surface area contributed by atoms with Crippen molar-refractivity contribution in [1.29, 1.82) is 0 Å². The summed E-state index contributed by atoms with van der Waals surface area (Å²) in [6.45, 7) is 4.39. The third-order valence-corrected chi connectivity index (χ3v) is 8.65. The lowest BCUT2D eigenvalue weighted by molar-refractivity contribution is 1.58. The summed E-state index contributed by atoms with van der Waals surface area (Å²) < 4.78 is 9.44. The number of thiophene rings is 2. The third kappa shape index (κ3) is 3.62. The highest BCUT2D eigenvalue weighted by molar-refractivity contribution is 7.16. The van der Waals surface area contributed by atoms with E-state index in [9.17, 15) is 0 Å². The second-order valence-electron chi connectivity index (χ2n) is 8.02. The Labute approximate surface area is 205 Å². The van der Waals surface area contributed by atoms with Crippen LogP contribution in [-0.4, -0.2) is 8.75 Å². The van der Waals surface area contributed by atoms with Gasteiger partial charge in [0, 0.05) is 30.6 Å². The topological polar surface area (TPSA) is 25.8 Å². The van der Waals surface area contributed by atoms with Crippen LogP contribution in [0.1, 0.15) is 9.75 Å². The summed E-state index contributed by atoms with van der Waals surface area (Å²) in [4.78, 5) is 5.11. The first kappa shape index (κ1) is 20.5. The predicted molar refractivity (Wildman–Crippen MR) is 144 cm³/mol. The van der Waals surface area contributed by atoms with Crippen LogP contribution in [0.25, 0.3) is 54.2 Å². The molecule has 2 nitrogen and oxygen atoms in total. The molecule has 6 aromatic rings. The first-order valence-corrected chi connectivity index (χ1v) is 13.1. The molecule has 3 aromatic carbocycles. The van der Waals surface area contributed by atoms with E-state index in [0.717, 1.165) is 22.2 Å². The predicted octanol–water partition coefficient (Wildman–Crippen LogP) is 9.10. The number of hydrogen-bond acceptors (Lipinski definition) is 5. The Hall–Kier alpha value is -3.12. The minimum absolute atomic E-state index is 0.991. The zero-order chi connectivity index (χ0) is 22.4. The molecule has 0 spiro atoms. The molecule has 33 heavy (non-hydrogen) atoms. The zero-order valence-corrected chi connectivity index (χ0v) is 20.7. The van der Waals surface area contributed by atoms with Gasteiger partial charge in [0.2, 0.25) is 0 Å². The van der Waals surface area contributed by atoms with Crippen molar-refractivity contribution in [3.8, 4) is 43.1 Å². The molecule has 5 heteroatoms. The second-order valence-corrected chi connectivity index (χ2v) is 11.1. The molecule has 0 bridgehead atoms. The van der Waals surface area contributed by atoms with E-state index >= 15 is 0 Å². The normalized spacial score (nSPS) is 11.3. The van der Waals surface area contributed by atoms with Gasteiger partial charge < -0.3 is 0 Å². The lowest BCUT2D eigenvalue weighted by Gasteiger charge is -2.03. The summed E-state index contributed by atoms with van der Waals surface area (Å²) in [7, 11) is 0. The maximum Gasteiger partial charge on any atom is 0.114 e. The highest BCUT2D eigenvalue weighted by Crippen LogP contribution is 2.43. The van der Waals surface area contributed by atoms with Crippen LogP contribution in [0.4, 0.5) is 0 Å². The summed E-state index contributed by atoms with van der Waals surface area (Å²) in [5.74, 6) is 0. The highest BCUT2D eigenvalue weighted by Gasteiger charge is 2.18. The van der Waals surface area contributed by atoms with Crippen molar-refractivity contribution >= 4 is 45.4 Å². The molecule has 0 aliphatic carbocycles. The molecular formula is C28H20N2S3. The van der Waals surface area contributed by atoms with Crippen molar-refractivity contribution in [1.82, 2.24) is 8.75 Å². The Morgan fingerprint density at radius 2 is 0.939 bits per heavy atom. The van der Waals surface area contributed by atoms with Crippen LogP contribution in [0.5, 0.6) is 0 Å². The van der Waals surface area contributed by atoms with E-state index in [-0.39, 0.29) is 0 Å². The van der Waals surface area contributed by atoms with Gasteiger partial charge in [0.25, 0.3) is 0 Å². The van der Waals surface area contributed by atoms with Gasteiger partial charge in [-0.1, -0.05) is 72.8 Å². The van der Waals surface area contributed by atoms with Crippen molar-refractivity contribution in [2.75, 3.05) is 0 Å². The van der Waals surface area contributed by atoms with Crippen LogP contribution >= 0.6 is 34.4 Å². The minimum Gasteiger partial charge on any atom is -0.172 e. The number of benzene rings is 3. The van der Waals surface area contributed by atoms with Crippen molar-refractivity contribution in [3.63, 3.8) is 0 Å². The molecule has 6 rings (SSSR count). The van der Waals surface area contributed by atoms with Crippen LogP contribution in [0.2, 0.25) is 0 Å². The summed E-state index contributed by atoms with van der Waals surface area (Å²) in [5.41, 5.74) is 9.39. The maximum atomic E-state index is 4.72. The SMILES string of the molecule is Cc1sc(-c2ccc(-c3cc(-c4ccccc4)c(C)s3)c3nsnc23)cc1-c1ccccc1. The van der Waals surface area contributed by atoms with Crippen molar-refractivity contribution in [2.24, 2.45) is 0 Å². The van der Waals surface area contributed by atoms with Gasteiger partial charge in [-0.3, -0.25) is 0 Å². The van der Waals surface area contributed by atoms with Crippen LogP contribution in [0.15, 0.2) is 84.9 Å². The summed E-state index contributed by atoms with van der Waals surface area (Å²) in [5, 5.41) is 0. The standard InChI is InChI=1S/C28H20N2S3/c1-17-23(19-9-5-3-6-10-19)15-25(31-17)21-13-14-22(28-27(21)29-33-30-28)26-16-24(18(2)32-26)20-11-7-4-8-12-20/h3-16H,1-2H3. The van der Waals surface area contributed by atoms with E-state index in [4.69, 9.17) is 8.75 Å². The summed E-state index contributed by atoms with van der Waals surface area (Å²) in [6.07, 6.45) is 0. The molecule has 0 fully saturated rings. The largest absolute Gasteiger partial charge is 0.172 e. The number of nitrogens with zero attached hydrogens (tertiary/aromatic N) is 2. The molecule has 0 aliphatic rings. The average molecular weight is 481 g/mol. The average Bonchev–Trinajstić information content (AvgIpc) is 3.58. The maximum absolute atomic E-state index is 4.72. The van der Waals surface area contributed by atoms with E-state index in [0.29, 0.717) is 0 Å². The lowest BCUT2D eigenvalue weighted by Crippen LogP contribution is -1.82. The van der Waals surface area contributed by atoms with E-state index in [2.05, 4.69) is 98.8 Å². The van der Waals surface area contributed by atoms with Gasteiger partial charge in [-0.2, -0.15) is 8.75 Å². The van der Waals surface area contributed by atoms with Crippen molar-refractivity contribution in [3.05, 3.63) is 94.7 Å². The van der Waals surface area contributed by atoms with Gasteiger partial charge in [0.15, 0.2) is 0 Å². The first-order chi connectivity index (χ1) is 16.2. The number of hydrogen-bond donors (Lipinski definition) is 0. The quantitative estimate of drug-likeness (QED) is 0.251. The van der Waals surface area contributed by atoms with Crippen LogP contribution < -0.4 is 0 Å². The van der Waals surface area contributed by atoms with Gasteiger partial charge in [-0.05, 0) is 48.2 Å². The molecule has 0 unspecified atom stereocenters. The molecule has 0 N–H and O–H groups in total. The molecule has 0 saturated heterocycles. The molecule has 0 radical (unpaired) electrons. The number of aryl methyl sites for hydroxylation is 2. The molecular weight excluding hydrogens is 461 g/mol. The zero-order valence-electron chi connectivity index (χ0n) is 18.2. The minimum atomic E-state index is 0.991. The van der Waals surface area contributed by atoms with E-state index in [1.807, 2.05) is 22.7 Å². The first-order valence-electron chi connectivity index (χ1n) is 10.8. The van der Waals surface area contributed by atoms with Gasteiger partial charge in [-0.15, -0.1) is 22.7 Å². The fourth-order valence-corrected chi connectivity index (χ4v) is 7.01. The van der Waals surface area contributed by atoms with Crippen LogP contribution in [0, 0.1) is 13.8 Å². The Kier molecular flexibility index (Phi) is 5.18. The summed E-state index contributed by atoms with van der Waals surface area (Å²) in [6, 6.07) is 30.2. The highest BCUT2D eigenvalue weighted by atomic mass is 32.1. The van der Waals surface area contributed by atoms with E-state index in [1.165, 1.54) is 53.5 Å². The lowest BCUT2D eigenvalue weighted by atomic mass is 10.0. The molecule has 0 aliphatic heterocycles. The number of aromatic nitrogens is 2. The van der Waals surface area contributed by atoms with Gasteiger partial charge in [0.05, 0.1) is 11.7 Å². The van der Waals surface area contributed by atoms with Gasteiger partial charge >= 0.3 is 0 Å². The van der Waals surface area contributed by atoms with Crippen molar-refractivity contribution < 1.29 is 0 Å². The van der Waals surface area contributed by atoms with Gasteiger partial charge in [-0.25, -0.2) is 0 Å².